The molecule has 5 heteroatoms. The minimum Gasteiger partial charge on any atom is -0.350 e. The summed E-state index contributed by atoms with van der Waals surface area (Å²) in [4.78, 5) is 21.2. The molecular formula is C20H34N2O3. The predicted octanol–water partition coefficient (Wildman–Crippen LogP) is 4.01. The maximum absolute atomic E-state index is 11.0. The highest BCUT2D eigenvalue weighted by Crippen LogP contribution is 2.39. The standard InChI is InChI=1S/C20H34N2O3/c1-5-19(23)22-11-13-25-24-12-10-20(4,15-21)14-17(3)18-8-6-16(2)7-9-18/h5,16-18H,1,6-14H2,2-4H3,(H,22,23). The van der Waals surface area contributed by atoms with Gasteiger partial charge in [0.25, 0.3) is 0 Å². The van der Waals surface area contributed by atoms with Gasteiger partial charge in [-0.15, -0.1) is 0 Å². The van der Waals surface area contributed by atoms with Gasteiger partial charge >= 0.3 is 0 Å². The lowest BCUT2D eigenvalue weighted by Crippen LogP contribution is -2.27. The third kappa shape index (κ3) is 8.51. The number of nitrogens with one attached hydrogen (secondary N) is 1. The second kappa shape index (κ2) is 11.3. The molecule has 0 heterocycles. The fourth-order valence-corrected chi connectivity index (χ4v) is 3.61. The zero-order valence-electron chi connectivity index (χ0n) is 16.1. The van der Waals surface area contributed by atoms with Crippen molar-refractivity contribution in [1.29, 1.82) is 5.26 Å². The van der Waals surface area contributed by atoms with Gasteiger partial charge in [-0.2, -0.15) is 5.26 Å². The van der Waals surface area contributed by atoms with Crippen LogP contribution in [0.5, 0.6) is 0 Å². The van der Waals surface area contributed by atoms with Crippen LogP contribution < -0.4 is 5.32 Å². The molecule has 0 spiro atoms. The van der Waals surface area contributed by atoms with E-state index >= 15 is 0 Å². The number of rotatable bonds is 11. The molecule has 1 N–H and O–H groups in total. The summed E-state index contributed by atoms with van der Waals surface area (Å²) in [5, 5.41) is 12.2. The average Bonchev–Trinajstić information content (AvgIpc) is 2.61. The summed E-state index contributed by atoms with van der Waals surface area (Å²) in [7, 11) is 0. The van der Waals surface area contributed by atoms with E-state index in [-0.39, 0.29) is 17.9 Å². The number of carbonyl (C=O) groups excluding carboxylic acids is 1. The summed E-state index contributed by atoms with van der Waals surface area (Å²) >= 11 is 0. The average molecular weight is 351 g/mol. The molecule has 1 fully saturated rings. The molecule has 0 aliphatic heterocycles. The van der Waals surface area contributed by atoms with E-state index in [0.717, 1.165) is 18.3 Å². The Morgan fingerprint density at radius 1 is 1.36 bits per heavy atom. The van der Waals surface area contributed by atoms with Crippen molar-refractivity contribution in [3.05, 3.63) is 12.7 Å². The Morgan fingerprint density at radius 2 is 2.00 bits per heavy atom. The van der Waals surface area contributed by atoms with E-state index in [1.807, 2.05) is 6.92 Å². The van der Waals surface area contributed by atoms with E-state index in [1.54, 1.807) is 0 Å². The zero-order valence-corrected chi connectivity index (χ0v) is 16.1. The molecule has 0 saturated heterocycles. The van der Waals surface area contributed by atoms with Gasteiger partial charge in [0.15, 0.2) is 0 Å². The first-order valence-electron chi connectivity index (χ1n) is 9.46. The smallest absolute Gasteiger partial charge is 0.243 e. The van der Waals surface area contributed by atoms with Gasteiger partial charge in [-0.05, 0) is 56.4 Å². The first-order chi connectivity index (χ1) is 11.9. The van der Waals surface area contributed by atoms with E-state index < -0.39 is 0 Å². The minimum atomic E-state index is -0.386. The van der Waals surface area contributed by atoms with Crippen molar-refractivity contribution in [1.82, 2.24) is 5.32 Å². The van der Waals surface area contributed by atoms with Gasteiger partial charge in [0.2, 0.25) is 5.91 Å². The maximum atomic E-state index is 11.0. The number of carbonyl (C=O) groups is 1. The molecule has 142 valence electrons. The van der Waals surface area contributed by atoms with Crippen LogP contribution in [0.2, 0.25) is 0 Å². The SMILES string of the molecule is C=CC(=O)NCCOOCCC(C)(C#N)CC(C)C1CCC(C)CC1. The number of hydrogen-bond donors (Lipinski definition) is 1. The van der Waals surface area contributed by atoms with Crippen LogP contribution in [0.15, 0.2) is 12.7 Å². The van der Waals surface area contributed by atoms with Crippen LogP contribution in [0.25, 0.3) is 0 Å². The van der Waals surface area contributed by atoms with Crippen LogP contribution in [-0.2, 0) is 14.6 Å². The monoisotopic (exact) mass is 350 g/mol. The first-order valence-corrected chi connectivity index (χ1v) is 9.46. The van der Waals surface area contributed by atoms with E-state index in [4.69, 9.17) is 9.78 Å². The quantitative estimate of drug-likeness (QED) is 0.264. The molecule has 1 aliphatic carbocycles. The van der Waals surface area contributed by atoms with Crippen LogP contribution in [0.4, 0.5) is 0 Å². The van der Waals surface area contributed by atoms with Gasteiger partial charge in [-0.25, -0.2) is 9.78 Å². The molecule has 1 saturated carbocycles. The lowest BCUT2D eigenvalue weighted by Gasteiger charge is -2.34. The summed E-state index contributed by atoms with van der Waals surface area (Å²) in [5.74, 6) is 1.93. The van der Waals surface area contributed by atoms with E-state index in [9.17, 15) is 10.1 Å². The predicted molar refractivity (Wildman–Crippen MR) is 98.4 cm³/mol. The zero-order chi connectivity index (χ0) is 18.7. The van der Waals surface area contributed by atoms with Crippen LogP contribution in [-0.4, -0.2) is 25.7 Å². The number of nitriles is 1. The van der Waals surface area contributed by atoms with Crippen molar-refractivity contribution < 1.29 is 14.6 Å². The Morgan fingerprint density at radius 3 is 2.60 bits per heavy atom. The molecule has 0 radical (unpaired) electrons. The lowest BCUT2D eigenvalue weighted by atomic mass is 9.70. The van der Waals surface area contributed by atoms with Crippen LogP contribution >= 0.6 is 0 Å². The Kier molecular flexibility index (Phi) is 9.77. The molecule has 0 bridgehead atoms. The molecule has 25 heavy (non-hydrogen) atoms. The molecule has 2 unspecified atom stereocenters. The van der Waals surface area contributed by atoms with E-state index in [1.165, 1.54) is 31.8 Å². The molecule has 0 aromatic heterocycles. The van der Waals surface area contributed by atoms with Crippen molar-refractivity contribution in [2.75, 3.05) is 19.8 Å². The maximum Gasteiger partial charge on any atom is 0.243 e. The Bertz CT molecular complexity index is 452. The molecular weight excluding hydrogens is 316 g/mol. The second-order valence-corrected chi connectivity index (χ2v) is 7.76. The van der Waals surface area contributed by atoms with Crippen LogP contribution in [0.3, 0.4) is 0 Å². The highest BCUT2D eigenvalue weighted by molar-refractivity contribution is 5.86. The van der Waals surface area contributed by atoms with Crippen LogP contribution in [0, 0.1) is 34.5 Å². The van der Waals surface area contributed by atoms with Gasteiger partial charge in [-0.3, -0.25) is 4.79 Å². The molecule has 0 aromatic rings. The molecule has 0 aromatic carbocycles. The largest absolute Gasteiger partial charge is 0.350 e. The summed E-state index contributed by atoms with van der Waals surface area (Å²) in [6, 6.07) is 2.48. The normalized spacial score (nSPS) is 23.9. The minimum absolute atomic E-state index is 0.230. The topological polar surface area (TPSA) is 71.3 Å². The number of nitrogens with zero attached hydrogens (tertiary/aromatic N) is 1. The molecule has 1 rings (SSSR count). The van der Waals surface area contributed by atoms with Gasteiger partial charge in [-0.1, -0.05) is 33.3 Å². The summed E-state index contributed by atoms with van der Waals surface area (Å²) in [5.41, 5.74) is -0.386. The highest BCUT2D eigenvalue weighted by Gasteiger charge is 2.31. The van der Waals surface area contributed by atoms with Crippen molar-refractivity contribution in [2.45, 2.75) is 59.3 Å². The summed E-state index contributed by atoms with van der Waals surface area (Å²) in [6.45, 7) is 11.0. The van der Waals surface area contributed by atoms with Gasteiger partial charge < -0.3 is 5.32 Å². The third-order valence-electron chi connectivity index (χ3n) is 5.40. The molecule has 2 atom stereocenters. The molecule has 5 nitrogen and oxygen atoms in total. The summed E-state index contributed by atoms with van der Waals surface area (Å²) < 4.78 is 0. The molecule has 1 amide bonds. The van der Waals surface area contributed by atoms with Crippen molar-refractivity contribution in [3.8, 4) is 6.07 Å². The van der Waals surface area contributed by atoms with Crippen molar-refractivity contribution in [2.24, 2.45) is 23.2 Å². The second-order valence-electron chi connectivity index (χ2n) is 7.76. The Labute approximate surface area is 152 Å². The molecule has 1 aliphatic rings. The van der Waals surface area contributed by atoms with Crippen molar-refractivity contribution in [3.63, 3.8) is 0 Å². The third-order valence-corrected chi connectivity index (χ3v) is 5.40. The van der Waals surface area contributed by atoms with Gasteiger partial charge in [0.05, 0.1) is 24.7 Å². The fraction of sp³-hybridized carbons (Fsp3) is 0.800. The van der Waals surface area contributed by atoms with E-state index in [2.05, 4.69) is 31.8 Å². The van der Waals surface area contributed by atoms with Crippen LogP contribution in [0.1, 0.15) is 59.3 Å². The Hall–Kier alpha value is -1.38. The summed E-state index contributed by atoms with van der Waals surface area (Å²) in [6.07, 6.45) is 7.99. The van der Waals surface area contributed by atoms with E-state index in [0.29, 0.717) is 25.5 Å². The number of hydrogen-bond acceptors (Lipinski definition) is 4. The first kappa shape index (κ1) is 21.7. The van der Waals surface area contributed by atoms with Gasteiger partial charge in [0.1, 0.15) is 0 Å². The Balaban J connectivity index is 2.23. The van der Waals surface area contributed by atoms with Gasteiger partial charge in [0, 0.05) is 6.54 Å². The highest BCUT2D eigenvalue weighted by atomic mass is 17.2. The fourth-order valence-electron chi connectivity index (χ4n) is 3.61. The number of amides is 1. The van der Waals surface area contributed by atoms with Crippen molar-refractivity contribution >= 4 is 5.91 Å². The lowest BCUT2D eigenvalue weighted by molar-refractivity contribution is -0.295.